The molecule has 0 aliphatic carbocycles. The number of H-pyrrole nitrogens is 1. The molecular formula is C10H16N6O2. The fraction of sp³-hybridized carbons (Fsp3) is 0.500. The van der Waals surface area contributed by atoms with Crippen molar-refractivity contribution in [3.05, 3.63) is 16.7 Å². The molecule has 2 aromatic rings. The largest absolute Gasteiger partial charge is 0.396 e. The fourth-order valence-corrected chi connectivity index (χ4v) is 1.74. The summed E-state index contributed by atoms with van der Waals surface area (Å²) in [5.41, 5.74) is 11.4. The van der Waals surface area contributed by atoms with Gasteiger partial charge in [0, 0.05) is 13.2 Å². The van der Waals surface area contributed by atoms with Crippen molar-refractivity contribution in [1.82, 2.24) is 19.5 Å². The summed E-state index contributed by atoms with van der Waals surface area (Å²) in [7, 11) is 0. The predicted octanol–water partition coefficient (Wildman–Crippen LogP) is -1.34. The summed E-state index contributed by atoms with van der Waals surface area (Å²) >= 11 is 0. The van der Waals surface area contributed by atoms with E-state index in [0.717, 1.165) is 0 Å². The molecule has 6 N–H and O–H groups in total. The van der Waals surface area contributed by atoms with E-state index < -0.39 is 0 Å². The highest BCUT2D eigenvalue weighted by molar-refractivity contribution is 5.70. The number of fused-ring (bicyclic) bond motifs is 1. The number of aliphatic hydroxyl groups excluding tert-OH is 1. The van der Waals surface area contributed by atoms with Crippen molar-refractivity contribution >= 4 is 17.1 Å². The van der Waals surface area contributed by atoms with Crippen LogP contribution >= 0.6 is 0 Å². The Bertz CT molecular complexity index is 586. The molecule has 0 radical (unpaired) electrons. The number of aromatic nitrogens is 4. The van der Waals surface area contributed by atoms with Gasteiger partial charge in [-0.3, -0.25) is 9.78 Å². The molecule has 0 fully saturated rings. The number of rotatable bonds is 5. The number of aliphatic hydroxyl groups is 1. The molecular weight excluding hydrogens is 236 g/mol. The van der Waals surface area contributed by atoms with Crippen LogP contribution in [0.25, 0.3) is 11.2 Å². The van der Waals surface area contributed by atoms with Crippen LogP contribution in [0.3, 0.4) is 0 Å². The maximum Gasteiger partial charge on any atom is 0.280 e. The highest BCUT2D eigenvalue weighted by Gasteiger charge is 2.11. The number of anilines is 1. The molecule has 0 spiro atoms. The minimum Gasteiger partial charge on any atom is -0.396 e. The van der Waals surface area contributed by atoms with Crippen LogP contribution < -0.4 is 17.0 Å². The highest BCUT2D eigenvalue weighted by atomic mass is 16.3. The summed E-state index contributed by atoms with van der Waals surface area (Å²) in [5.74, 6) is 0.0913. The average molecular weight is 252 g/mol. The van der Waals surface area contributed by atoms with Crippen LogP contribution in [-0.4, -0.2) is 37.8 Å². The maximum absolute atomic E-state index is 11.6. The lowest BCUT2D eigenvalue weighted by atomic mass is 10.1. The van der Waals surface area contributed by atoms with Gasteiger partial charge >= 0.3 is 0 Å². The van der Waals surface area contributed by atoms with Gasteiger partial charge in [0.15, 0.2) is 11.2 Å². The summed E-state index contributed by atoms with van der Waals surface area (Å²) in [5, 5.41) is 9.06. The third kappa shape index (κ3) is 2.34. The van der Waals surface area contributed by atoms with Gasteiger partial charge in [-0.15, -0.1) is 0 Å². The van der Waals surface area contributed by atoms with Crippen molar-refractivity contribution in [2.75, 3.05) is 18.9 Å². The quantitative estimate of drug-likeness (QED) is 0.520. The first-order chi connectivity index (χ1) is 8.65. The zero-order valence-electron chi connectivity index (χ0n) is 9.83. The van der Waals surface area contributed by atoms with Crippen molar-refractivity contribution in [3.63, 3.8) is 0 Å². The monoisotopic (exact) mass is 252 g/mol. The van der Waals surface area contributed by atoms with Crippen molar-refractivity contribution in [1.29, 1.82) is 0 Å². The molecule has 0 saturated carbocycles. The van der Waals surface area contributed by atoms with Gasteiger partial charge in [-0.05, 0) is 18.9 Å². The Kier molecular flexibility index (Phi) is 3.58. The highest BCUT2D eigenvalue weighted by Crippen LogP contribution is 2.09. The molecule has 2 heterocycles. The van der Waals surface area contributed by atoms with Gasteiger partial charge < -0.3 is 21.1 Å². The minimum atomic E-state index is -0.353. The Balaban J connectivity index is 2.27. The summed E-state index contributed by atoms with van der Waals surface area (Å²) in [6.07, 6.45) is 2.23. The molecule has 8 heteroatoms. The lowest BCUT2D eigenvalue weighted by Crippen LogP contribution is -2.20. The van der Waals surface area contributed by atoms with E-state index in [4.69, 9.17) is 16.6 Å². The Morgan fingerprint density at radius 3 is 3.00 bits per heavy atom. The first-order valence-corrected chi connectivity index (χ1v) is 5.67. The second kappa shape index (κ2) is 5.15. The molecule has 1 atom stereocenters. The topological polar surface area (TPSA) is 136 Å². The van der Waals surface area contributed by atoms with Crippen LogP contribution in [0.15, 0.2) is 11.1 Å². The number of nitrogens with two attached hydrogens (primary N) is 2. The van der Waals surface area contributed by atoms with Gasteiger partial charge in [0.25, 0.3) is 5.56 Å². The minimum absolute atomic E-state index is 0.0294. The van der Waals surface area contributed by atoms with E-state index in [1.54, 1.807) is 4.57 Å². The van der Waals surface area contributed by atoms with E-state index in [2.05, 4.69) is 15.0 Å². The fourth-order valence-electron chi connectivity index (χ4n) is 1.74. The normalized spacial score (nSPS) is 13.0. The number of aryl methyl sites for hydroxylation is 1. The van der Waals surface area contributed by atoms with Gasteiger partial charge in [0.1, 0.15) is 0 Å². The second-order valence-corrected chi connectivity index (χ2v) is 4.13. The molecule has 18 heavy (non-hydrogen) atoms. The molecule has 2 aromatic heterocycles. The summed E-state index contributed by atoms with van der Waals surface area (Å²) in [6, 6.07) is 0. The molecule has 2 rings (SSSR count). The SMILES string of the molecule is NCC(CO)CCn1cnc2c(=O)[nH]c(N)nc21. The van der Waals surface area contributed by atoms with Crippen LogP contribution in [0.2, 0.25) is 0 Å². The van der Waals surface area contributed by atoms with Crippen molar-refractivity contribution in [2.45, 2.75) is 13.0 Å². The zero-order valence-corrected chi connectivity index (χ0v) is 9.83. The van der Waals surface area contributed by atoms with Crippen molar-refractivity contribution in [2.24, 2.45) is 11.7 Å². The number of nitrogens with one attached hydrogen (secondary N) is 1. The van der Waals surface area contributed by atoms with Crippen LogP contribution in [0.4, 0.5) is 5.95 Å². The lowest BCUT2D eigenvalue weighted by Gasteiger charge is -2.11. The van der Waals surface area contributed by atoms with E-state index in [1.165, 1.54) is 6.33 Å². The van der Waals surface area contributed by atoms with Crippen LogP contribution in [0.1, 0.15) is 6.42 Å². The van der Waals surface area contributed by atoms with Crippen molar-refractivity contribution in [3.8, 4) is 0 Å². The van der Waals surface area contributed by atoms with E-state index in [0.29, 0.717) is 25.2 Å². The molecule has 0 bridgehead atoms. The standard InChI is InChI=1S/C10H16N6O2/c11-3-6(4-17)1-2-16-5-13-7-8(16)14-10(12)15-9(7)18/h5-6,17H,1-4,11H2,(H3,12,14,15,18). The Morgan fingerprint density at radius 1 is 1.56 bits per heavy atom. The maximum atomic E-state index is 11.6. The first-order valence-electron chi connectivity index (χ1n) is 5.67. The number of nitrogens with zero attached hydrogens (tertiary/aromatic N) is 3. The molecule has 1 unspecified atom stereocenters. The zero-order chi connectivity index (χ0) is 13.1. The molecule has 0 saturated heterocycles. The summed E-state index contributed by atoms with van der Waals surface area (Å²) in [6.45, 7) is 1.04. The smallest absolute Gasteiger partial charge is 0.280 e. The number of hydrogen-bond acceptors (Lipinski definition) is 6. The Hall–Kier alpha value is -1.93. The second-order valence-electron chi connectivity index (χ2n) is 4.13. The van der Waals surface area contributed by atoms with E-state index >= 15 is 0 Å². The van der Waals surface area contributed by atoms with Gasteiger partial charge in [0.2, 0.25) is 5.95 Å². The van der Waals surface area contributed by atoms with Crippen LogP contribution in [0.5, 0.6) is 0 Å². The Morgan fingerprint density at radius 2 is 2.33 bits per heavy atom. The van der Waals surface area contributed by atoms with E-state index in [9.17, 15) is 4.79 Å². The summed E-state index contributed by atoms with van der Waals surface area (Å²) in [4.78, 5) is 22.0. The van der Waals surface area contributed by atoms with Crippen molar-refractivity contribution < 1.29 is 5.11 Å². The van der Waals surface area contributed by atoms with Gasteiger partial charge in [-0.25, -0.2) is 4.98 Å². The van der Waals surface area contributed by atoms with E-state index in [1.807, 2.05) is 0 Å². The molecule has 98 valence electrons. The predicted molar refractivity (Wildman–Crippen MR) is 66.8 cm³/mol. The summed E-state index contributed by atoms with van der Waals surface area (Å²) < 4.78 is 1.74. The van der Waals surface area contributed by atoms with Crippen LogP contribution in [0, 0.1) is 5.92 Å². The molecule has 8 nitrogen and oxygen atoms in total. The van der Waals surface area contributed by atoms with Crippen LogP contribution in [-0.2, 0) is 6.54 Å². The number of aromatic amines is 1. The molecule has 0 aliphatic heterocycles. The molecule has 0 aliphatic rings. The first kappa shape index (κ1) is 12.5. The molecule has 0 amide bonds. The number of nitrogen functional groups attached to an aromatic ring is 1. The van der Waals surface area contributed by atoms with E-state index in [-0.39, 0.29) is 29.5 Å². The lowest BCUT2D eigenvalue weighted by molar-refractivity contribution is 0.218. The average Bonchev–Trinajstić information content (AvgIpc) is 2.74. The van der Waals surface area contributed by atoms with Gasteiger partial charge in [-0.2, -0.15) is 4.98 Å². The third-order valence-corrected chi connectivity index (χ3v) is 2.86. The number of imidazole rings is 1. The molecule has 0 aromatic carbocycles. The Labute approximate surface area is 103 Å². The number of hydrogen-bond donors (Lipinski definition) is 4. The van der Waals surface area contributed by atoms with Gasteiger partial charge in [-0.1, -0.05) is 0 Å². The van der Waals surface area contributed by atoms with Gasteiger partial charge in [0.05, 0.1) is 6.33 Å². The third-order valence-electron chi connectivity index (χ3n) is 2.86.